The number of anilines is 1. The highest BCUT2D eigenvalue weighted by Crippen LogP contribution is 2.34. The van der Waals surface area contributed by atoms with Crippen molar-refractivity contribution < 1.29 is 22.5 Å². The molecule has 0 aliphatic heterocycles. The van der Waals surface area contributed by atoms with E-state index in [2.05, 4.69) is 19.5 Å². The number of aliphatic hydroxyl groups excluding tert-OH is 1. The van der Waals surface area contributed by atoms with Crippen LogP contribution in [0, 0.1) is 5.92 Å². The lowest BCUT2D eigenvalue weighted by Gasteiger charge is -2.24. The molecule has 0 radical (unpaired) electrons. The molecule has 3 aromatic rings. The largest absolute Gasteiger partial charge is 0.393 e. The first-order chi connectivity index (χ1) is 16.9. The van der Waals surface area contributed by atoms with E-state index in [9.17, 15) is 18.3 Å². The summed E-state index contributed by atoms with van der Waals surface area (Å²) in [5, 5.41) is 20.8. The maximum Gasteiger partial charge on any atom is 0.333 e. The van der Waals surface area contributed by atoms with Crippen LogP contribution in [0.15, 0.2) is 48.2 Å². The van der Waals surface area contributed by atoms with E-state index in [-0.39, 0.29) is 24.0 Å². The van der Waals surface area contributed by atoms with Crippen molar-refractivity contribution >= 4 is 44.8 Å². The normalized spacial score (nSPS) is 21.8. The fourth-order valence-corrected chi connectivity index (χ4v) is 5.76. The number of nitrogens with one attached hydrogen (secondary N) is 1. The molecule has 4 atom stereocenters. The van der Waals surface area contributed by atoms with Crippen LogP contribution in [-0.4, -0.2) is 48.0 Å². The average Bonchev–Trinajstić information content (AvgIpc) is 3.44. The topological polar surface area (TPSA) is 171 Å². The summed E-state index contributed by atoms with van der Waals surface area (Å²) < 4.78 is 26.8. The lowest BCUT2D eigenvalue weighted by atomic mass is 9.87. The van der Waals surface area contributed by atoms with Crippen molar-refractivity contribution in [2.24, 2.45) is 16.8 Å². The minimum Gasteiger partial charge on any atom is -0.393 e. The van der Waals surface area contributed by atoms with Gasteiger partial charge >= 0.3 is 10.3 Å². The third-order valence-corrected chi connectivity index (χ3v) is 7.88. The molecular weight excluding hydrogens is 526 g/mol. The van der Waals surface area contributed by atoms with Crippen LogP contribution in [0.4, 0.5) is 5.82 Å². The van der Waals surface area contributed by atoms with Crippen molar-refractivity contribution in [1.82, 2.24) is 9.97 Å². The first-order valence-electron chi connectivity index (χ1n) is 11.0. The number of hydrogen-bond acceptors (Lipinski definition) is 10. The Morgan fingerprint density at radius 3 is 2.83 bits per heavy atom. The van der Waals surface area contributed by atoms with Crippen LogP contribution >= 0.6 is 22.9 Å². The molecule has 36 heavy (non-hydrogen) atoms. The minimum absolute atomic E-state index is 0.226. The number of nitrogens with two attached hydrogens (primary N) is 2. The third kappa shape index (κ3) is 6.09. The number of nitrogens with zero attached hydrogens (tertiary/aromatic N) is 2. The van der Waals surface area contributed by atoms with Gasteiger partial charge in [0.1, 0.15) is 12.1 Å². The molecule has 13 heteroatoms. The van der Waals surface area contributed by atoms with Gasteiger partial charge in [-0.2, -0.15) is 8.42 Å². The number of carbonyl (C=O) groups excluding carboxylic acids is 1. The Morgan fingerprint density at radius 2 is 2.11 bits per heavy atom. The quantitative estimate of drug-likeness (QED) is 0.291. The predicted molar refractivity (Wildman–Crippen MR) is 137 cm³/mol. The molecule has 4 rings (SSSR count). The standard InChI is InChI=1S/C23H26ClN5O5S2/c1-23(25,14-3-2-4-16(24)6-14)15-7-20(35-11-15)21(31)18-9-27-12-28-22(18)29-17-5-13(19(30)8-17)10-34-36(26,32)33/h2-4,6-7,9,11-13,17,19,30H,5,8,10,25H2,1H3,(H2,26,32,33)(H,27,28,29)/t13-,17-,19+,23+/m1/s1. The molecule has 2 aromatic heterocycles. The summed E-state index contributed by atoms with van der Waals surface area (Å²) in [6, 6.07) is 8.77. The summed E-state index contributed by atoms with van der Waals surface area (Å²) in [5.41, 5.74) is 7.61. The summed E-state index contributed by atoms with van der Waals surface area (Å²) in [5.74, 6) is -0.389. The number of halogens is 1. The Labute approximate surface area is 217 Å². The van der Waals surface area contributed by atoms with Gasteiger partial charge in [0.2, 0.25) is 5.78 Å². The van der Waals surface area contributed by atoms with Crippen LogP contribution in [0.1, 0.15) is 46.1 Å². The molecule has 0 bridgehead atoms. The zero-order valence-electron chi connectivity index (χ0n) is 19.3. The van der Waals surface area contributed by atoms with E-state index in [1.54, 1.807) is 18.2 Å². The van der Waals surface area contributed by atoms with Gasteiger partial charge in [-0.1, -0.05) is 23.7 Å². The van der Waals surface area contributed by atoms with Crippen LogP contribution in [0.2, 0.25) is 5.02 Å². The van der Waals surface area contributed by atoms with Gasteiger partial charge in [-0.3, -0.25) is 8.98 Å². The molecule has 1 aliphatic rings. The molecular formula is C23H26ClN5O5S2. The van der Waals surface area contributed by atoms with Crippen molar-refractivity contribution in [2.75, 3.05) is 11.9 Å². The van der Waals surface area contributed by atoms with Crippen molar-refractivity contribution in [1.29, 1.82) is 0 Å². The Balaban J connectivity index is 1.50. The van der Waals surface area contributed by atoms with E-state index in [0.717, 1.165) is 11.1 Å². The summed E-state index contributed by atoms with van der Waals surface area (Å²) in [7, 11) is -4.10. The molecule has 1 aromatic carbocycles. The number of benzene rings is 1. The van der Waals surface area contributed by atoms with Gasteiger partial charge in [0.25, 0.3) is 0 Å². The lowest BCUT2D eigenvalue weighted by Crippen LogP contribution is -2.33. The fourth-order valence-electron chi connectivity index (χ4n) is 4.22. The van der Waals surface area contributed by atoms with Gasteiger partial charge < -0.3 is 16.2 Å². The van der Waals surface area contributed by atoms with Crippen molar-refractivity contribution in [3.05, 3.63) is 74.8 Å². The Hall–Kier alpha value is -2.45. The van der Waals surface area contributed by atoms with E-state index in [1.165, 1.54) is 23.9 Å². The number of ketones is 1. The van der Waals surface area contributed by atoms with Crippen molar-refractivity contribution in [3.63, 3.8) is 0 Å². The monoisotopic (exact) mass is 551 g/mol. The fraction of sp³-hybridized carbons (Fsp3) is 0.348. The highest BCUT2D eigenvalue weighted by Gasteiger charge is 2.35. The molecule has 0 spiro atoms. The van der Waals surface area contributed by atoms with Gasteiger partial charge in [-0.05, 0) is 54.5 Å². The van der Waals surface area contributed by atoms with Crippen LogP contribution in [-0.2, 0) is 20.0 Å². The highest BCUT2D eigenvalue weighted by atomic mass is 35.5. The zero-order chi connectivity index (χ0) is 26.1. The van der Waals surface area contributed by atoms with Gasteiger partial charge in [0, 0.05) is 23.2 Å². The number of aromatic nitrogens is 2. The highest BCUT2D eigenvalue weighted by molar-refractivity contribution is 7.84. The van der Waals surface area contributed by atoms with E-state index >= 15 is 0 Å². The molecule has 1 aliphatic carbocycles. The van der Waals surface area contributed by atoms with Crippen LogP contribution < -0.4 is 16.2 Å². The van der Waals surface area contributed by atoms with E-state index < -0.39 is 27.9 Å². The number of rotatable bonds is 9. The summed E-state index contributed by atoms with van der Waals surface area (Å²) in [6.07, 6.45) is 2.69. The number of thiophene rings is 1. The smallest absolute Gasteiger partial charge is 0.333 e. The van der Waals surface area contributed by atoms with Crippen molar-refractivity contribution in [3.8, 4) is 0 Å². The average molecular weight is 552 g/mol. The molecule has 1 saturated carbocycles. The molecule has 0 unspecified atom stereocenters. The number of carbonyl (C=O) groups is 1. The van der Waals surface area contributed by atoms with Gasteiger partial charge in [-0.25, -0.2) is 15.1 Å². The molecule has 1 fully saturated rings. The summed E-state index contributed by atoms with van der Waals surface area (Å²) in [6.45, 7) is 1.63. The SMILES string of the molecule is C[C@](N)(c1cccc(Cl)c1)c1csc(C(=O)c2cncnc2N[C@@H]2C[C@H](COS(N)(=O)=O)[C@@H](O)C2)c1. The maximum atomic E-state index is 13.4. The van der Waals surface area contributed by atoms with Gasteiger partial charge in [0.15, 0.2) is 0 Å². The number of aliphatic hydroxyl groups is 1. The van der Waals surface area contributed by atoms with Crippen LogP contribution in [0.5, 0.6) is 0 Å². The summed E-state index contributed by atoms with van der Waals surface area (Å²) in [4.78, 5) is 22.1. The van der Waals surface area contributed by atoms with E-state index in [4.69, 9.17) is 22.5 Å². The van der Waals surface area contributed by atoms with Crippen LogP contribution in [0.3, 0.4) is 0 Å². The van der Waals surface area contributed by atoms with Gasteiger partial charge in [0.05, 0.1) is 28.7 Å². The maximum absolute atomic E-state index is 13.4. The van der Waals surface area contributed by atoms with Crippen LogP contribution in [0.25, 0.3) is 0 Å². The summed E-state index contributed by atoms with van der Waals surface area (Å²) >= 11 is 7.40. The van der Waals surface area contributed by atoms with E-state index in [1.807, 2.05) is 24.4 Å². The first-order valence-corrected chi connectivity index (χ1v) is 13.8. The Kier molecular flexibility index (Phi) is 7.76. The van der Waals surface area contributed by atoms with E-state index in [0.29, 0.717) is 28.6 Å². The Bertz CT molecular complexity index is 1360. The molecule has 6 N–H and O–H groups in total. The first kappa shape index (κ1) is 26.6. The molecule has 0 amide bonds. The number of hydrogen-bond donors (Lipinski definition) is 4. The zero-order valence-corrected chi connectivity index (χ0v) is 21.7. The third-order valence-electron chi connectivity index (χ3n) is 6.25. The molecule has 10 nitrogen and oxygen atoms in total. The van der Waals surface area contributed by atoms with Gasteiger partial charge in [-0.15, -0.1) is 11.3 Å². The molecule has 192 valence electrons. The van der Waals surface area contributed by atoms with Crippen molar-refractivity contribution in [2.45, 2.75) is 37.5 Å². The Morgan fingerprint density at radius 1 is 1.33 bits per heavy atom. The second kappa shape index (κ2) is 10.5. The predicted octanol–water partition coefficient (Wildman–Crippen LogP) is 2.42. The minimum atomic E-state index is -4.10. The second-order valence-electron chi connectivity index (χ2n) is 8.94. The lowest BCUT2D eigenvalue weighted by molar-refractivity contribution is 0.101. The molecule has 0 saturated heterocycles. The second-order valence-corrected chi connectivity index (χ2v) is 11.5. The molecule has 2 heterocycles.